The third-order valence-corrected chi connectivity index (χ3v) is 4.90. The summed E-state index contributed by atoms with van der Waals surface area (Å²) in [6.07, 6.45) is -1.36. The summed E-state index contributed by atoms with van der Waals surface area (Å²) in [6.45, 7) is 5.30. The Balaban J connectivity index is 1.96. The molecule has 1 N–H and O–H groups in total. The van der Waals surface area contributed by atoms with Gasteiger partial charge < -0.3 is 10.2 Å². The molecule has 1 heterocycles. The van der Waals surface area contributed by atoms with Crippen LogP contribution < -0.4 is 10.2 Å². The minimum absolute atomic E-state index is 0.205. The third-order valence-electron chi connectivity index (χ3n) is 4.90. The number of alkyl halides is 3. The van der Waals surface area contributed by atoms with Crippen molar-refractivity contribution in [3.63, 3.8) is 0 Å². The average molecular weight is 376 g/mol. The molecule has 3 nitrogen and oxygen atoms in total. The molecule has 6 heteroatoms. The lowest BCUT2D eigenvalue weighted by Gasteiger charge is -2.31. The first-order valence-electron chi connectivity index (χ1n) is 9.10. The molecule has 0 atom stereocenters. The van der Waals surface area contributed by atoms with Crippen LogP contribution >= 0.6 is 0 Å². The zero-order valence-electron chi connectivity index (χ0n) is 15.5. The first-order chi connectivity index (χ1) is 12.8. The topological polar surface area (TPSA) is 32.3 Å². The normalized spacial score (nSPS) is 14.9. The minimum atomic E-state index is -4.46. The van der Waals surface area contributed by atoms with Crippen LogP contribution in [0.5, 0.6) is 0 Å². The van der Waals surface area contributed by atoms with Crippen LogP contribution in [-0.4, -0.2) is 19.0 Å². The predicted molar refractivity (Wildman–Crippen MR) is 101 cm³/mol. The van der Waals surface area contributed by atoms with Crippen LogP contribution in [0.25, 0.3) is 0 Å². The molecule has 27 heavy (non-hydrogen) atoms. The molecule has 0 unspecified atom stereocenters. The number of hydrogen-bond acceptors (Lipinski definition) is 2. The first kappa shape index (κ1) is 19.3. The summed E-state index contributed by atoms with van der Waals surface area (Å²) < 4.78 is 39.6. The Hall–Kier alpha value is -2.50. The van der Waals surface area contributed by atoms with Crippen LogP contribution in [0, 0.1) is 13.8 Å². The van der Waals surface area contributed by atoms with E-state index in [2.05, 4.69) is 5.32 Å². The molecule has 144 valence electrons. The molecule has 0 saturated carbocycles. The molecular weight excluding hydrogens is 353 g/mol. The molecule has 1 aliphatic heterocycles. The van der Waals surface area contributed by atoms with Crippen molar-refractivity contribution < 1.29 is 18.0 Å². The Kier molecular flexibility index (Phi) is 5.44. The molecule has 0 aromatic heterocycles. The van der Waals surface area contributed by atoms with Crippen molar-refractivity contribution in [2.75, 3.05) is 23.3 Å². The molecule has 3 rings (SSSR count). The quantitative estimate of drug-likeness (QED) is 0.760. The molecule has 2 aromatic carbocycles. The number of carbonyl (C=O) groups excluding carboxylic acids is 1. The fraction of sp³-hybridized carbons (Fsp3) is 0.381. The van der Waals surface area contributed by atoms with Crippen LogP contribution in [0.3, 0.4) is 0 Å². The lowest BCUT2D eigenvalue weighted by Crippen LogP contribution is -2.30. The van der Waals surface area contributed by atoms with Crippen LogP contribution in [0.2, 0.25) is 0 Å². The number of nitrogens with one attached hydrogen (secondary N) is 1. The molecule has 0 aliphatic carbocycles. The van der Waals surface area contributed by atoms with Gasteiger partial charge in [-0.2, -0.15) is 13.2 Å². The number of aryl methyl sites for hydroxylation is 2. The van der Waals surface area contributed by atoms with Gasteiger partial charge in [0.15, 0.2) is 0 Å². The number of rotatable bonds is 3. The second kappa shape index (κ2) is 7.62. The monoisotopic (exact) mass is 376 g/mol. The van der Waals surface area contributed by atoms with Crippen LogP contribution in [0.15, 0.2) is 36.4 Å². The molecule has 1 aliphatic rings. The van der Waals surface area contributed by atoms with Gasteiger partial charge >= 0.3 is 6.18 Å². The fourth-order valence-corrected chi connectivity index (χ4v) is 3.48. The minimum Gasteiger partial charge on any atom is -0.370 e. The van der Waals surface area contributed by atoms with Gasteiger partial charge in [0.25, 0.3) is 5.91 Å². The van der Waals surface area contributed by atoms with E-state index < -0.39 is 17.6 Å². The van der Waals surface area contributed by atoms with E-state index >= 15 is 0 Å². The number of benzene rings is 2. The van der Waals surface area contributed by atoms with Gasteiger partial charge in [-0.05, 0) is 62.9 Å². The number of nitrogens with zero attached hydrogens (tertiary/aromatic N) is 1. The average Bonchev–Trinajstić information content (AvgIpc) is 2.61. The lowest BCUT2D eigenvalue weighted by molar-refractivity contribution is -0.137. The zero-order chi connectivity index (χ0) is 19.6. The van der Waals surface area contributed by atoms with E-state index in [0.717, 1.165) is 55.6 Å². The number of anilines is 2. The smallest absolute Gasteiger partial charge is 0.370 e. The van der Waals surface area contributed by atoms with E-state index in [1.54, 1.807) is 6.07 Å². The van der Waals surface area contributed by atoms with E-state index in [0.29, 0.717) is 11.3 Å². The predicted octanol–water partition coefficient (Wildman–Crippen LogP) is 5.56. The van der Waals surface area contributed by atoms with E-state index in [1.807, 2.05) is 30.9 Å². The van der Waals surface area contributed by atoms with Gasteiger partial charge in [-0.25, -0.2) is 0 Å². The highest BCUT2D eigenvalue weighted by atomic mass is 19.4. The number of carbonyl (C=O) groups is 1. The maximum atomic E-state index is 13.2. The number of piperidine rings is 1. The van der Waals surface area contributed by atoms with E-state index in [-0.39, 0.29) is 5.69 Å². The molecule has 1 amide bonds. The number of amides is 1. The van der Waals surface area contributed by atoms with Gasteiger partial charge in [-0.15, -0.1) is 0 Å². The standard InChI is InChI=1S/C21H23F3N2O/c1-14-6-8-17(15(2)12-14)20(27)25-18-13-16(21(22,23)24)7-9-19(18)26-10-4-3-5-11-26/h6-9,12-13H,3-5,10-11H2,1-2H3,(H,25,27). The van der Waals surface area contributed by atoms with E-state index in [4.69, 9.17) is 0 Å². The number of halogens is 3. The van der Waals surface area contributed by atoms with Crippen molar-refractivity contribution in [1.29, 1.82) is 0 Å². The summed E-state index contributed by atoms with van der Waals surface area (Å²) in [5, 5.41) is 2.72. The van der Waals surface area contributed by atoms with E-state index in [1.165, 1.54) is 6.07 Å². The van der Waals surface area contributed by atoms with Gasteiger partial charge in [0.05, 0.1) is 16.9 Å². The summed E-state index contributed by atoms with van der Waals surface area (Å²) in [6, 6.07) is 8.98. The Bertz CT molecular complexity index is 840. The maximum Gasteiger partial charge on any atom is 0.416 e. The highest BCUT2D eigenvalue weighted by Crippen LogP contribution is 2.36. The molecule has 0 bridgehead atoms. The molecule has 1 saturated heterocycles. The third kappa shape index (κ3) is 4.43. The van der Waals surface area contributed by atoms with Gasteiger partial charge in [-0.3, -0.25) is 4.79 Å². The SMILES string of the molecule is Cc1ccc(C(=O)Nc2cc(C(F)(F)F)ccc2N2CCCCC2)c(C)c1. The Morgan fingerprint density at radius 1 is 1.00 bits per heavy atom. The van der Waals surface area contributed by atoms with Gasteiger partial charge in [0, 0.05) is 18.7 Å². The first-order valence-corrected chi connectivity index (χ1v) is 9.10. The van der Waals surface area contributed by atoms with Crippen LogP contribution in [-0.2, 0) is 6.18 Å². The van der Waals surface area contributed by atoms with Gasteiger partial charge in [0.1, 0.15) is 0 Å². The highest BCUT2D eigenvalue weighted by molar-refractivity contribution is 6.07. The second-order valence-corrected chi connectivity index (χ2v) is 7.05. The van der Waals surface area contributed by atoms with Crippen molar-refractivity contribution in [3.05, 3.63) is 58.7 Å². The summed E-state index contributed by atoms with van der Waals surface area (Å²) >= 11 is 0. The number of hydrogen-bond donors (Lipinski definition) is 1. The van der Waals surface area contributed by atoms with Crippen molar-refractivity contribution in [1.82, 2.24) is 0 Å². The summed E-state index contributed by atoms with van der Waals surface area (Å²) in [7, 11) is 0. The summed E-state index contributed by atoms with van der Waals surface area (Å²) in [5.41, 5.74) is 2.36. The second-order valence-electron chi connectivity index (χ2n) is 7.05. The molecular formula is C21H23F3N2O. The van der Waals surface area contributed by atoms with E-state index in [9.17, 15) is 18.0 Å². The Labute approximate surface area is 157 Å². The highest BCUT2D eigenvalue weighted by Gasteiger charge is 2.32. The molecule has 2 aromatic rings. The summed E-state index contributed by atoms with van der Waals surface area (Å²) in [4.78, 5) is 14.8. The van der Waals surface area contributed by atoms with Crippen molar-refractivity contribution in [3.8, 4) is 0 Å². The van der Waals surface area contributed by atoms with Gasteiger partial charge in [0.2, 0.25) is 0 Å². The molecule has 0 radical (unpaired) electrons. The van der Waals surface area contributed by atoms with Crippen LogP contribution in [0.1, 0.15) is 46.3 Å². The lowest BCUT2D eigenvalue weighted by atomic mass is 10.0. The maximum absolute atomic E-state index is 13.2. The summed E-state index contributed by atoms with van der Waals surface area (Å²) in [5.74, 6) is -0.398. The van der Waals surface area contributed by atoms with Crippen molar-refractivity contribution in [2.45, 2.75) is 39.3 Å². The largest absolute Gasteiger partial charge is 0.416 e. The van der Waals surface area contributed by atoms with Gasteiger partial charge in [-0.1, -0.05) is 17.7 Å². The molecule has 1 fully saturated rings. The van der Waals surface area contributed by atoms with Crippen molar-refractivity contribution >= 4 is 17.3 Å². The molecule has 0 spiro atoms. The fourth-order valence-electron chi connectivity index (χ4n) is 3.48. The zero-order valence-corrected chi connectivity index (χ0v) is 15.5. The Morgan fingerprint density at radius 3 is 2.33 bits per heavy atom. The van der Waals surface area contributed by atoms with Crippen molar-refractivity contribution in [2.24, 2.45) is 0 Å². The van der Waals surface area contributed by atoms with Crippen LogP contribution in [0.4, 0.5) is 24.5 Å². The Morgan fingerprint density at radius 2 is 1.70 bits per heavy atom.